The van der Waals surface area contributed by atoms with Crippen LogP contribution in [0.15, 0.2) is 12.2 Å². The second kappa shape index (κ2) is 11.3. The molecule has 12 heteroatoms. The first-order valence-corrected chi connectivity index (χ1v) is 15.8. The maximum atomic E-state index is 14.0. The maximum Gasteiger partial charge on any atom is 0.314 e. The van der Waals surface area contributed by atoms with Crippen LogP contribution in [0.3, 0.4) is 0 Å². The lowest BCUT2D eigenvalue weighted by Gasteiger charge is -2.64. The van der Waals surface area contributed by atoms with Crippen LogP contribution in [-0.2, 0) is 23.7 Å². The van der Waals surface area contributed by atoms with Gasteiger partial charge in [-0.05, 0) is 74.5 Å². The SMILES string of the molecule is C=C1CC23CCC4C(C)(C(=O)OC5OC(COC6OCC(O)C(O)C6O)C(O)C(O)C5O)CCCC4(C)C2CC(O)C1C3. The van der Waals surface area contributed by atoms with E-state index in [1.165, 1.54) is 0 Å². The van der Waals surface area contributed by atoms with Gasteiger partial charge in [0.25, 0.3) is 0 Å². The molecule has 12 nitrogen and oxygen atoms in total. The molecule has 2 saturated heterocycles. The molecule has 6 rings (SSSR count). The zero-order valence-corrected chi connectivity index (χ0v) is 25.0. The van der Waals surface area contributed by atoms with Crippen LogP contribution in [-0.4, -0.2) is 116 Å². The molecular formula is C31H48O12. The number of esters is 1. The van der Waals surface area contributed by atoms with E-state index >= 15 is 0 Å². The number of carbonyl (C=O) groups excluding carboxylic acids is 1. The van der Waals surface area contributed by atoms with Gasteiger partial charge in [-0.25, -0.2) is 0 Å². The number of carbonyl (C=O) groups is 1. The van der Waals surface area contributed by atoms with Crippen LogP contribution >= 0.6 is 0 Å². The lowest BCUT2D eigenvalue weighted by molar-refractivity contribution is -0.317. The zero-order valence-electron chi connectivity index (χ0n) is 25.0. The van der Waals surface area contributed by atoms with Crippen molar-refractivity contribution < 1.29 is 59.5 Å². The maximum absolute atomic E-state index is 14.0. The van der Waals surface area contributed by atoms with Gasteiger partial charge in [0.05, 0.1) is 24.7 Å². The number of hydrogen-bond donors (Lipinski definition) is 7. The molecular weight excluding hydrogens is 564 g/mol. The summed E-state index contributed by atoms with van der Waals surface area (Å²) in [4.78, 5) is 14.0. The number of hydrogen-bond acceptors (Lipinski definition) is 12. The highest BCUT2D eigenvalue weighted by Crippen LogP contribution is 2.72. The molecule has 2 bridgehead atoms. The van der Waals surface area contributed by atoms with Crippen molar-refractivity contribution in [1.82, 2.24) is 0 Å². The molecule has 6 fully saturated rings. The smallest absolute Gasteiger partial charge is 0.314 e. The molecule has 1 spiro atoms. The van der Waals surface area contributed by atoms with Crippen LogP contribution in [0.25, 0.3) is 0 Å². The first kappa shape index (κ1) is 31.8. The Hall–Kier alpha value is -1.19. The minimum absolute atomic E-state index is 0.0171. The molecule has 4 aliphatic carbocycles. The average Bonchev–Trinajstić information content (AvgIpc) is 3.25. The van der Waals surface area contributed by atoms with Gasteiger partial charge >= 0.3 is 5.97 Å². The Balaban J connectivity index is 1.15. The molecule has 2 heterocycles. The summed E-state index contributed by atoms with van der Waals surface area (Å²) >= 11 is 0. The van der Waals surface area contributed by atoms with Crippen molar-refractivity contribution in [2.24, 2.45) is 34.0 Å². The first-order valence-electron chi connectivity index (χ1n) is 15.8. The Bertz CT molecular complexity index is 1090. The van der Waals surface area contributed by atoms with Gasteiger partial charge in [-0.3, -0.25) is 4.79 Å². The third-order valence-corrected chi connectivity index (χ3v) is 12.4. The van der Waals surface area contributed by atoms with Crippen molar-refractivity contribution in [1.29, 1.82) is 0 Å². The third kappa shape index (κ3) is 5.01. The second-order valence-corrected chi connectivity index (χ2v) is 14.7. The van der Waals surface area contributed by atoms with Crippen LogP contribution in [0, 0.1) is 34.0 Å². The predicted octanol–water partition coefficient (Wildman–Crippen LogP) is -0.267. The summed E-state index contributed by atoms with van der Waals surface area (Å²) in [5.74, 6) is -0.148. The van der Waals surface area contributed by atoms with Gasteiger partial charge in [0.15, 0.2) is 6.29 Å². The summed E-state index contributed by atoms with van der Waals surface area (Å²) in [6.45, 7) is 7.76. The van der Waals surface area contributed by atoms with E-state index in [9.17, 15) is 40.5 Å². The molecule has 43 heavy (non-hydrogen) atoms. The molecule has 6 aliphatic rings. The standard InChI is InChI=1S/C31H48O12/c1-14-10-31-8-5-19-29(2,20(31)9-16(32)15(14)11-31)6-4-7-30(19,3)28(39)43-27-25(38)23(36)22(35)18(42-27)13-41-26-24(37)21(34)17(33)12-40-26/h15-27,32-38H,1,4-13H2,2-3H3. The number of ether oxygens (including phenoxy) is 4. The van der Waals surface area contributed by atoms with Crippen LogP contribution in [0.4, 0.5) is 0 Å². The summed E-state index contributed by atoms with van der Waals surface area (Å²) < 4.78 is 22.3. The summed E-state index contributed by atoms with van der Waals surface area (Å²) in [7, 11) is 0. The van der Waals surface area contributed by atoms with Crippen molar-refractivity contribution in [3.8, 4) is 0 Å². The van der Waals surface area contributed by atoms with Gasteiger partial charge in [0.2, 0.25) is 6.29 Å². The molecule has 7 N–H and O–H groups in total. The number of rotatable bonds is 5. The molecule has 0 amide bonds. The fourth-order valence-electron chi connectivity index (χ4n) is 10.1. The summed E-state index contributed by atoms with van der Waals surface area (Å²) in [6, 6.07) is 0. The molecule has 0 aromatic heterocycles. The molecule has 2 aliphatic heterocycles. The van der Waals surface area contributed by atoms with Gasteiger partial charge in [0.1, 0.15) is 42.7 Å². The van der Waals surface area contributed by atoms with E-state index in [-0.39, 0.29) is 35.2 Å². The first-order chi connectivity index (χ1) is 20.2. The van der Waals surface area contributed by atoms with E-state index < -0.39 is 79.4 Å². The highest BCUT2D eigenvalue weighted by atomic mass is 16.7. The number of fused-ring (bicyclic) bond motifs is 3. The summed E-state index contributed by atoms with van der Waals surface area (Å²) in [6.07, 6.45) is -7.27. The Morgan fingerprint density at radius 2 is 1.63 bits per heavy atom. The van der Waals surface area contributed by atoms with Crippen molar-refractivity contribution in [2.45, 2.75) is 127 Å². The third-order valence-electron chi connectivity index (χ3n) is 12.4. The normalized spacial score (nSPS) is 54.9. The van der Waals surface area contributed by atoms with E-state index in [1.807, 2.05) is 6.92 Å². The van der Waals surface area contributed by atoms with E-state index in [4.69, 9.17) is 18.9 Å². The van der Waals surface area contributed by atoms with Crippen molar-refractivity contribution in [3.05, 3.63) is 12.2 Å². The fourth-order valence-corrected chi connectivity index (χ4v) is 10.1. The molecule has 16 unspecified atom stereocenters. The van der Waals surface area contributed by atoms with Crippen molar-refractivity contribution in [2.75, 3.05) is 13.2 Å². The molecule has 244 valence electrons. The van der Waals surface area contributed by atoms with Crippen molar-refractivity contribution in [3.63, 3.8) is 0 Å². The van der Waals surface area contributed by atoms with Gasteiger partial charge in [0, 0.05) is 5.92 Å². The number of aliphatic hydroxyl groups excluding tert-OH is 7. The van der Waals surface area contributed by atoms with Gasteiger partial charge in [-0.1, -0.05) is 25.5 Å². The Morgan fingerprint density at radius 3 is 2.37 bits per heavy atom. The van der Waals surface area contributed by atoms with E-state index in [2.05, 4.69) is 13.5 Å². The monoisotopic (exact) mass is 612 g/mol. The average molecular weight is 613 g/mol. The highest BCUT2D eigenvalue weighted by Gasteiger charge is 2.67. The lowest BCUT2D eigenvalue weighted by Crippen LogP contribution is -2.62. The van der Waals surface area contributed by atoms with Crippen molar-refractivity contribution >= 4 is 5.97 Å². The minimum Gasteiger partial charge on any atom is -0.432 e. The van der Waals surface area contributed by atoms with Gasteiger partial charge < -0.3 is 54.7 Å². The minimum atomic E-state index is -1.72. The Labute approximate surface area is 251 Å². The van der Waals surface area contributed by atoms with Crippen LogP contribution in [0.2, 0.25) is 0 Å². The summed E-state index contributed by atoms with van der Waals surface area (Å²) in [5.41, 5.74) is 0.168. The molecule has 0 aromatic carbocycles. The Kier molecular flexibility index (Phi) is 8.32. The van der Waals surface area contributed by atoms with E-state index in [0.29, 0.717) is 12.8 Å². The molecule has 0 radical (unpaired) electrons. The topological polar surface area (TPSA) is 196 Å². The summed E-state index contributed by atoms with van der Waals surface area (Å²) in [5, 5.41) is 72.6. The van der Waals surface area contributed by atoms with E-state index in [1.54, 1.807) is 0 Å². The predicted molar refractivity (Wildman–Crippen MR) is 148 cm³/mol. The largest absolute Gasteiger partial charge is 0.432 e. The fraction of sp³-hybridized carbons (Fsp3) is 0.903. The Morgan fingerprint density at radius 1 is 0.907 bits per heavy atom. The molecule has 0 aromatic rings. The van der Waals surface area contributed by atoms with Gasteiger partial charge in [-0.2, -0.15) is 0 Å². The second-order valence-electron chi connectivity index (χ2n) is 14.7. The van der Waals surface area contributed by atoms with Crippen LogP contribution < -0.4 is 0 Å². The highest BCUT2D eigenvalue weighted by molar-refractivity contribution is 5.77. The zero-order chi connectivity index (χ0) is 31.1. The van der Waals surface area contributed by atoms with Crippen LogP contribution in [0.5, 0.6) is 0 Å². The van der Waals surface area contributed by atoms with Gasteiger partial charge in [-0.15, -0.1) is 0 Å². The molecule has 4 saturated carbocycles. The van der Waals surface area contributed by atoms with E-state index in [0.717, 1.165) is 44.1 Å². The lowest BCUT2D eigenvalue weighted by atomic mass is 9.41. The number of aliphatic hydroxyl groups is 7. The quantitative estimate of drug-likeness (QED) is 0.159. The van der Waals surface area contributed by atoms with Crippen LogP contribution in [0.1, 0.15) is 65.2 Å². The molecule has 16 atom stereocenters.